The lowest BCUT2D eigenvalue weighted by atomic mass is 10.1. The van der Waals surface area contributed by atoms with Crippen molar-refractivity contribution in [3.63, 3.8) is 0 Å². The number of halogens is 1. The van der Waals surface area contributed by atoms with Gasteiger partial charge in [0.1, 0.15) is 6.17 Å². The molecule has 0 aromatic carbocycles. The van der Waals surface area contributed by atoms with Gasteiger partial charge in [0.25, 0.3) is 0 Å². The normalized spacial score (nSPS) is 14.3. The van der Waals surface area contributed by atoms with E-state index in [4.69, 9.17) is 15.3 Å². The van der Waals surface area contributed by atoms with E-state index in [1.807, 2.05) is 0 Å². The molecule has 3 nitrogen and oxygen atoms in total. The highest BCUT2D eigenvalue weighted by molar-refractivity contribution is 4.65. The van der Waals surface area contributed by atoms with Crippen LogP contribution in [0, 0.1) is 5.92 Å². The third-order valence-corrected chi connectivity index (χ3v) is 1.15. The maximum Gasteiger partial charge on any atom is 0.130 e. The molecule has 0 radical (unpaired) electrons. The van der Waals surface area contributed by atoms with Gasteiger partial charge < -0.3 is 15.3 Å². The van der Waals surface area contributed by atoms with Crippen molar-refractivity contribution >= 4 is 0 Å². The van der Waals surface area contributed by atoms with E-state index in [2.05, 4.69) is 0 Å². The molecule has 0 fully saturated rings. The lowest BCUT2D eigenvalue weighted by molar-refractivity contribution is 0.0497. The smallest absolute Gasteiger partial charge is 0.130 e. The van der Waals surface area contributed by atoms with Gasteiger partial charge in [0.05, 0.1) is 19.8 Å². The van der Waals surface area contributed by atoms with Crippen molar-refractivity contribution in [1.82, 2.24) is 0 Å². The number of hydrogen-bond donors (Lipinski definition) is 3. The fourth-order valence-electron chi connectivity index (χ4n) is 0.436. The number of rotatable bonds is 4. The molecule has 0 aliphatic carbocycles. The molecule has 0 rings (SSSR count). The standard InChI is InChI=1S/C5H11FO3/c6-5(3-9)4(1-7)2-8/h4-5,7-9H,1-3H2. The summed E-state index contributed by atoms with van der Waals surface area (Å²) in [6, 6.07) is 0. The van der Waals surface area contributed by atoms with Crippen molar-refractivity contribution in [3.05, 3.63) is 0 Å². The van der Waals surface area contributed by atoms with Gasteiger partial charge >= 0.3 is 0 Å². The van der Waals surface area contributed by atoms with E-state index in [9.17, 15) is 4.39 Å². The number of hydrogen-bond acceptors (Lipinski definition) is 3. The van der Waals surface area contributed by atoms with Gasteiger partial charge in [-0.25, -0.2) is 4.39 Å². The Balaban J connectivity index is 3.50. The van der Waals surface area contributed by atoms with E-state index in [1.165, 1.54) is 0 Å². The quantitative estimate of drug-likeness (QED) is 0.463. The molecule has 0 saturated heterocycles. The third-order valence-electron chi connectivity index (χ3n) is 1.15. The number of aliphatic hydroxyl groups is 3. The van der Waals surface area contributed by atoms with Crippen LogP contribution in [-0.4, -0.2) is 41.3 Å². The summed E-state index contributed by atoms with van der Waals surface area (Å²) in [5.41, 5.74) is 0. The van der Waals surface area contributed by atoms with E-state index in [1.54, 1.807) is 0 Å². The fourth-order valence-corrected chi connectivity index (χ4v) is 0.436. The Morgan fingerprint density at radius 3 is 1.56 bits per heavy atom. The van der Waals surface area contributed by atoms with Gasteiger partial charge in [-0.1, -0.05) is 0 Å². The summed E-state index contributed by atoms with van der Waals surface area (Å²) >= 11 is 0. The topological polar surface area (TPSA) is 60.7 Å². The third kappa shape index (κ3) is 2.74. The SMILES string of the molecule is OCC(F)C(CO)CO. The lowest BCUT2D eigenvalue weighted by Crippen LogP contribution is -2.26. The highest BCUT2D eigenvalue weighted by Gasteiger charge is 2.17. The minimum Gasteiger partial charge on any atom is -0.396 e. The Labute approximate surface area is 52.7 Å². The molecule has 0 aromatic rings. The number of alkyl halides is 1. The zero-order valence-corrected chi connectivity index (χ0v) is 5.00. The summed E-state index contributed by atoms with van der Waals surface area (Å²) in [4.78, 5) is 0. The molecule has 0 saturated carbocycles. The molecule has 0 amide bonds. The molecular weight excluding hydrogens is 127 g/mol. The van der Waals surface area contributed by atoms with Crippen LogP contribution in [-0.2, 0) is 0 Å². The maximum absolute atomic E-state index is 12.2. The molecule has 3 N–H and O–H groups in total. The summed E-state index contributed by atoms with van der Waals surface area (Å²) in [7, 11) is 0. The second kappa shape index (κ2) is 4.67. The van der Waals surface area contributed by atoms with Crippen molar-refractivity contribution in [2.45, 2.75) is 6.17 Å². The fraction of sp³-hybridized carbons (Fsp3) is 1.00. The Hall–Kier alpha value is -0.190. The van der Waals surface area contributed by atoms with Crippen LogP contribution in [0.4, 0.5) is 4.39 Å². The van der Waals surface area contributed by atoms with Crippen LogP contribution in [0.3, 0.4) is 0 Å². The first-order chi connectivity index (χ1) is 4.26. The molecule has 0 heterocycles. The second-order valence-electron chi connectivity index (χ2n) is 1.82. The van der Waals surface area contributed by atoms with Crippen LogP contribution in [0.25, 0.3) is 0 Å². The van der Waals surface area contributed by atoms with Crippen molar-refractivity contribution in [2.75, 3.05) is 19.8 Å². The highest BCUT2D eigenvalue weighted by atomic mass is 19.1. The second-order valence-corrected chi connectivity index (χ2v) is 1.82. The number of aliphatic hydroxyl groups excluding tert-OH is 3. The highest BCUT2D eigenvalue weighted by Crippen LogP contribution is 2.04. The molecule has 9 heavy (non-hydrogen) atoms. The minimum absolute atomic E-state index is 0.432. The lowest BCUT2D eigenvalue weighted by Gasteiger charge is -2.12. The first-order valence-electron chi connectivity index (χ1n) is 2.72. The molecule has 0 aliphatic heterocycles. The summed E-state index contributed by atoms with van der Waals surface area (Å²) in [5, 5.41) is 24.8. The van der Waals surface area contributed by atoms with Crippen LogP contribution >= 0.6 is 0 Å². The summed E-state index contributed by atoms with van der Waals surface area (Å²) < 4.78 is 12.2. The monoisotopic (exact) mass is 138 g/mol. The molecular formula is C5H11FO3. The summed E-state index contributed by atoms with van der Waals surface area (Å²) in [6.45, 7) is -1.51. The van der Waals surface area contributed by atoms with Gasteiger partial charge in [-0.3, -0.25) is 0 Å². The molecule has 0 spiro atoms. The van der Waals surface area contributed by atoms with E-state index < -0.39 is 31.9 Å². The van der Waals surface area contributed by atoms with Crippen LogP contribution < -0.4 is 0 Å². The summed E-state index contributed by atoms with van der Waals surface area (Å²) in [5.74, 6) is -0.838. The van der Waals surface area contributed by atoms with E-state index >= 15 is 0 Å². The molecule has 56 valence electrons. The molecule has 4 heteroatoms. The Bertz CT molecular complexity index is 65.2. The average molecular weight is 138 g/mol. The van der Waals surface area contributed by atoms with Gasteiger partial charge in [0.15, 0.2) is 0 Å². The maximum atomic E-state index is 12.2. The molecule has 0 aliphatic rings. The predicted molar refractivity (Wildman–Crippen MR) is 29.6 cm³/mol. The van der Waals surface area contributed by atoms with Crippen molar-refractivity contribution in [3.8, 4) is 0 Å². The van der Waals surface area contributed by atoms with E-state index in [0.717, 1.165) is 0 Å². The molecule has 0 bridgehead atoms. The van der Waals surface area contributed by atoms with Crippen molar-refractivity contribution < 1.29 is 19.7 Å². The van der Waals surface area contributed by atoms with Crippen LogP contribution in [0.2, 0.25) is 0 Å². The predicted octanol–water partition coefficient (Wildman–Crippen LogP) is -1.08. The Morgan fingerprint density at radius 1 is 1.00 bits per heavy atom. The van der Waals surface area contributed by atoms with Crippen LogP contribution in [0.15, 0.2) is 0 Å². The van der Waals surface area contributed by atoms with Crippen LogP contribution in [0.1, 0.15) is 0 Å². The van der Waals surface area contributed by atoms with Gasteiger partial charge in [-0.05, 0) is 0 Å². The van der Waals surface area contributed by atoms with Crippen LogP contribution in [0.5, 0.6) is 0 Å². The zero-order chi connectivity index (χ0) is 7.28. The summed E-state index contributed by atoms with van der Waals surface area (Å²) in [6.07, 6.45) is -1.51. The van der Waals surface area contributed by atoms with Crippen molar-refractivity contribution in [1.29, 1.82) is 0 Å². The minimum atomic E-state index is -1.51. The average Bonchev–Trinajstić information content (AvgIpc) is 1.90. The van der Waals surface area contributed by atoms with Crippen molar-refractivity contribution in [2.24, 2.45) is 5.92 Å². The van der Waals surface area contributed by atoms with E-state index in [0.29, 0.717) is 0 Å². The van der Waals surface area contributed by atoms with Gasteiger partial charge in [0.2, 0.25) is 0 Å². The molecule has 1 atom stereocenters. The van der Waals surface area contributed by atoms with E-state index in [-0.39, 0.29) is 0 Å². The first kappa shape index (κ1) is 8.81. The largest absolute Gasteiger partial charge is 0.396 e. The molecule has 1 unspecified atom stereocenters. The first-order valence-corrected chi connectivity index (χ1v) is 2.72. The van der Waals surface area contributed by atoms with Gasteiger partial charge in [-0.2, -0.15) is 0 Å². The Morgan fingerprint density at radius 2 is 1.44 bits per heavy atom. The zero-order valence-electron chi connectivity index (χ0n) is 5.00. The van der Waals surface area contributed by atoms with Gasteiger partial charge in [0, 0.05) is 5.92 Å². The Kier molecular flexibility index (Phi) is 4.57. The molecule has 0 aromatic heterocycles. The van der Waals surface area contributed by atoms with Gasteiger partial charge in [-0.15, -0.1) is 0 Å².